The first-order valence-electron chi connectivity index (χ1n) is 9.52. The fourth-order valence-corrected chi connectivity index (χ4v) is 7.16. The monoisotopic (exact) mass is 371 g/mol. The second-order valence-electron chi connectivity index (χ2n) is 9.07. The Labute approximate surface area is 150 Å². The van der Waals surface area contributed by atoms with Gasteiger partial charge in [-0.25, -0.2) is 4.18 Å². The van der Waals surface area contributed by atoms with Crippen LogP contribution in [0.4, 0.5) is 0 Å². The lowest BCUT2D eigenvalue weighted by molar-refractivity contribution is -0.131. The van der Waals surface area contributed by atoms with Gasteiger partial charge in [0.2, 0.25) is 0 Å². The van der Waals surface area contributed by atoms with Crippen molar-refractivity contribution in [3.05, 3.63) is 11.6 Å². The third-order valence-electron chi connectivity index (χ3n) is 8.03. The van der Waals surface area contributed by atoms with E-state index in [1.54, 1.807) is 0 Å². The zero-order valence-electron chi connectivity index (χ0n) is 15.0. The van der Waals surface area contributed by atoms with Gasteiger partial charge in [0.1, 0.15) is 5.78 Å². The molecule has 0 spiro atoms. The molecule has 0 aromatic heterocycles. The van der Waals surface area contributed by atoms with E-state index >= 15 is 0 Å². The number of rotatable bonds is 2. The van der Waals surface area contributed by atoms with Crippen LogP contribution in [0, 0.1) is 28.6 Å². The topological polar surface area (TPSA) is 80.7 Å². The molecule has 6 heteroatoms. The summed E-state index contributed by atoms with van der Waals surface area (Å²) < 4.78 is 35.9. The molecule has 0 aromatic rings. The quantitative estimate of drug-likeness (QED) is 0.455. The van der Waals surface area contributed by atoms with Gasteiger partial charge in [-0.2, -0.15) is 8.42 Å². The largest absolute Gasteiger partial charge is 0.397 e. The Morgan fingerprint density at radius 3 is 2.52 bits per heavy atom. The minimum absolute atomic E-state index is 0.0783. The highest BCUT2D eigenvalue weighted by molar-refractivity contribution is 7.80. The van der Waals surface area contributed by atoms with Gasteiger partial charge >= 0.3 is 10.4 Å². The predicted molar refractivity (Wildman–Crippen MR) is 93.1 cm³/mol. The van der Waals surface area contributed by atoms with E-state index in [0.717, 1.165) is 38.5 Å². The zero-order chi connectivity index (χ0) is 18.0. The molecule has 140 valence electrons. The van der Waals surface area contributed by atoms with Crippen LogP contribution in [0.25, 0.3) is 0 Å². The molecule has 1 N–H and O–H groups in total. The highest BCUT2D eigenvalue weighted by atomic mass is 32.3. The first-order valence-corrected chi connectivity index (χ1v) is 10.9. The van der Waals surface area contributed by atoms with Crippen molar-refractivity contribution in [3.63, 3.8) is 0 Å². The molecule has 5 nitrogen and oxygen atoms in total. The molecule has 0 aromatic carbocycles. The Balaban J connectivity index is 1.59. The molecule has 0 aliphatic heterocycles. The number of fused-ring (bicyclic) bond motifs is 5. The van der Waals surface area contributed by atoms with Crippen LogP contribution in [-0.2, 0) is 19.4 Å². The van der Waals surface area contributed by atoms with E-state index in [0.29, 0.717) is 36.4 Å². The van der Waals surface area contributed by atoms with Gasteiger partial charge in [-0.05, 0) is 68.1 Å². The van der Waals surface area contributed by atoms with Crippen LogP contribution >= 0.6 is 0 Å². The van der Waals surface area contributed by atoms with E-state index in [1.165, 1.54) is 5.57 Å². The van der Waals surface area contributed by atoms with Crippen LogP contribution in [0.5, 0.6) is 0 Å². The first kappa shape index (κ1) is 17.7. The van der Waals surface area contributed by atoms with Crippen LogP contribution < -0.4 is 0 Å². The molecular formula is C19H28O5S. The summed E-state index contributed by atoms with van der Waals surface area (Å²) in [4.78, 5) is 12.4. The third kappa shape index (κ3) is 2.72. The van der Waals surface area contributed by atoms with Gasteiger partial charge in [0, 0.05) is 11.8 Å². The molecule has 0 bridgehead atoms. The normalized spacial score (nSPS) is 46.8. The highest BCUT2D eigenvalue weighted by Gasteiger charge is 2.58. The van der Waals surface area contributed by atoms with Crippen molar-refractivity contribution in [2.24, 2.45) is 28.6 Å². The molecule has 0 amide bonds. The number of Topliss-reactive ketones (excluding diaryl/α,β-unsaturated/α-hetero) is 1. The number of allylic oxidation sites excluding steroid dienone is 1. The molecule has 4 aliphatic rings. The van der Waals surface area contributed by atoms with Gasteiger partial charge in [0.25, 0.3) is 0 Å². The lowest BCUT2D eigenvalue weighted by Crippen LogP contribution is -2.50. The lowest BCUT2D eigenvalue weighted by Gasteiger charge is -2.56. The molecule has 4 aliphatic carbocycles. The van der Waals surface area contributed by atoms with E-state index in [9.17, 15) is 13.2 Å². The standard InChI is InChI=1S/C19H28O5S/c1-18-9-7-13(24-25(21,22)23)11-12(18)3-4-14-15-5-6-17(20)19(15,2)10-8-16(14)18/h3,13-16H,4-11H2,1-2H3,(H,21,22,23)/t13?,14?,15?,16?,18-,19-/m0/s1/i7+1,11+1,13+1. The molecule has 0 heterocycles. The van der Waals surface area contributed by atoms with Crippen LogP contribution in [0.15, 0.2) is 11.6 Å². The molecule has 4 unspecified atom stereocenters. The average Bonchev–Trinajstić information content (AvgIpc) is 2.82. The molecule has 6 atom stereocenters. The van der Waals surface area contributed by atoms with E-state index < -0.39 is 16.5 Å². The highest BCUT2D eigenvalue weighted by Crippen LogP contribution is 2.64. The van der Waals surface area contributed by atoms with Gasteiger partial charge in [0.05, 0.1) is 6.10 Å². The van der Waals surface area contributed by atoms with Crippen LogP contribution in [-0.4, -0.2) is 24.9 Å². The smallest absolute Gasteiger partial charge is 0.299 e. The van der Waals surface area contributed by atoms with Crippen molar-refractivity contribution in [1.29, 1.82) is 0 Å². The molecule has 0 saturated heterocycles. The van der Waals surface area contributed by atoms with Gasteiger partial charge in [0.15, 0.2) is 0 Å². The third-order valence-corrected chi connectivity index (χ3v) is 8.54. The molecular weight excluding hydrogens is 343 g/mol. The fraction of sp³-hybridized carbons (Fsp3) is 0.842. The van der Waals surface area contributed by atoms with Gasteiger partial charge in [-0.1, -0.05) is 25.5 Å². The molecule has 4 rings (SSSR count). The van der Waals surface area contributed by atoms with Crippen molar-refractivity contribution in [2.45, 2.75) is 71.3 Å². The summed E-state index contributed by atoms with van der Waals surface area (Å²) in [6.07, 6.45) is 8.79. The van der Waals surface area contributed by atoms with E-state index in [-0.39, 0.29) is 10.8 Å². The van der Waals surface area contributed by atoms with Gasteiger partial charge in [-0.15, -0.1) is 0 Å². The molecule has 25 heavy (non-hydrogen) atoms. The van der Waals surface area contributed by atoms with Crippen LogP contribution in [0.1, 0.15) is 65.2 Å². The van der Waals surface area contributed by atoms with E-state index in [4.69, 9.17) is 8.74 Å². The summed E-state index contributed by atoms with van der Waals surface area (Å²) in [6, 6.07) is 0. The Morgan fingerprint density at radius 2 is 1.80 bits per heavy atom. The maximum Gasteiger partial charge on any atom is 0.397 e. The fourth-order valence-electron chi connectivity index (χ4n) is 6.65. The first-order chi connectivity index (χ1) is 11.6. The van der Waals surface area contributed by atoms with Gasteiger partial charge in [-0.3, -0.25) is 9.35 Å². The summed E-state index contributed by atoms with van der Waals surface area (Å²) in [5.41, 5.74) is 1.25. The summed E-state index contributed by atoms with van der Waals surface area (Å²) in [5, 5.41) is 0. The number of carbonyl (C=O) groups excluding carboxylic acids is 1. The number of ketones is 1. The molecule has 3 fully saturated rings. The predicted octanol–water partition coefficient (Wildman–Crippen LogP) is 3.71. The Morgan fingerprint density at radius 1 is 1.12 bits per heavy atom. The minimum atomic E-state index is -4.40. The molecule has 0 radical (unpaired) electrons. The van der Waals surface area contributed by atoms with Crippen molar-refractivity contribution >= 4 is 16.2 Å². The SMILES string of the molecule is C[C@]12C[13CH2][13CH](OS(=O)(=O)O)[13CH2]C1=CCC1C2CC[C@]2(C)C(=O)CCC12. The summed E-state index contributed by atoms with van der Waals surface area (Å²) in [5.74, 6) is 2.10. The van der Waals surface area contributed by atoms with Crippen molar-refractivity contribution in [1.82, 2.24) is 0 Å². The maximum absolute atomic E-state index is 12.4. The van der Waals surface area contributed by atoms with Crippen molar-refractivity contribution in [3.8, 4) is 0 Å². The van der Waals surface area contributed by atoms with Gasteiger partial charge < -0.3 is 0 Å². The van der Waals surface area contributed by atoms with Crippen molar-refractivity contribution in [2.75, 3.05) is 0 Å². The minimum Gasteiger partial charge on any atom is -0.299 e. The maximum atomic E-state index is 12.4. The van der Waals surface area contributed by atoms with E-state index in [2.05, 4.69) is 19.9 Å². The average molecular weight is 371 g/mol. The Kier molecular flexibility index (Phi) is 3.99. The van der Waals surface area contributed by atoms with E-state index in [1.807, 2.05) is 0 Å². The van der Waals surface area contributed by atoms with Crippen LogP contribution in [0.2, 0.25) is 0 Å². The zero-order valence-corrected chi connectivity index (χ0v) is 15.8. The number of hydrogen-bond acceptors (Lipinski definition) is 4. The summed E-state index contributed by atoms with van der Waals surface area (Å²) >= 11 is 0. The second kappa shape index (κ2) is 5.64. The summed E-state index contributed by atoms with van der Waals surface area (Å²) in [6.45, 7) is 4.50. The Bertz CT molecular complexity index is 726. The van der Waals surface area contributed by atoms with Crippen molar-refractivity contribution < 1.29 is 21.9 Å². The second-order valence-corrected chi connectivity index (χ2v) is 10.1. The molecule has 3 saturated carbocycles. The summed E-state index contributed by atoms with van der Waals surface area (Å²) in [7, 11) is -4.40. The lowest BCUT2D eigenvalue weighted by atomic mass is 9.50. The number of carbonyl (C=O) groups is 1. The number of hydrogen-bond donors (Lipinski definition) is 1. The van der Waals surface area contributed by atoms with Crippen LogP contribution in [0.3, 0.4) is 0 Å². The Hall–Kier alpha value is -0.720.